The van der Waals surface area contributed by atoms with Crippen molar-refractivity contribution in [1.82, 2.24) is 4.98 Å². The van der Waals surface area contributed by atoms with E-state index in [1.165, 1.54) is 29.3 Å². The first-order chi connectivity index (χ1) is 11.6. The van der Waals surface area contributed by atoms with Gasteiger partial charge in [-0.3, -0.25) is 0 Å². The van der Waals surface area contributed by atoms with Gasteiger partial charge in [0.15, 0.2) is 0 Å². The van der Waals surface area contributed by atoms with Crippen LogP contribution in [0, 0.1) is 0 Å². The van der Waals surface area contributed by atoms with Crippen molar-refractivity contribution in [2.75, 3.05) is 0 Å². The van der Waals surface area contributed by atoms with Gasteiger partial charge in [-0.05, 0) is 0 Å². The van der Waals surface area contributed by atoms with Crippen LogP contribution in [0.3, 0.4) is 0 Å². The van der Waals surface area contributed by atoms with Crippen LogP contribution >= 0.6 is 0 Å². The third-order valence-corrected chi connectivity index (χ3v) is 10.2. The quantitative estimate of drug-likeness (QED) is 0.618. The van der Waals surface area contributed by atoms with Crippen LogP contribution in [0.1, 0.15) is 65.5 Å². The van der Waals surface area contributed by atoms with Gasteiger partial charge in [-0.15, -0.1) is 0 Å². The van der Waals surface area contributed by atoms with Gasteiger partial charge in [0.05, 0.1) is 0 Å². The zero-order chi connectivity index (χ0) is 18.0. The maximum atomic E-state index is 3.90. The van der Waals surface area contributed by atoms with Crippen LogP contribution < -0.4 is 28.2 Å². The number of aromatic amines is 1. The van der Waals surface area contributed by atoms with Gasteiger partial charge in [-0.25, -0.2) is 0 Å². The molecule has 27 heavy (non-hydrogen) atoms. The van der Waals surface area contributed by atoms with E-state index in [9.17, 15) is 0 Å². The summed E-state index contributed by atoms with van der Waals surface area (Å²) < 4.78 is 2.08. The van der Waals surface area contributed by atoms with E-state index in [1.54, 1.807) is 14.5 Å². The number of nitrogens with one attached hydrogen (secondary N) is 1. The third-order valence-electron chi connectivity index (χ3n) is 5.77. The molecule has 4 rings (SSSR count). The van der Waals surface area contributed by atoms with E-state index >= 15 is 0 Å². The van der Waals surface area contributed by atoms with Gasteiger partial charge >= 0.3 is 164 Å². The smallest absolute Gasteiger partial charge is 1.00 e. The Morgan fingerprint density at radius 2 is 1.70 bits per heavy atom. The molecule has 1 fully saturated rings. The number of halogens is 2. The Labute approximate surface area is 187 Å². The van der Waals surface area contributed by atoms with E-state index in [0.717, 1.165) is 0 Å². The topological polar surface area (TPSA) is 15.8 Å². The van der Waals surface area contributed by atoms with Crippen molar-refractivity contribution in [2.45, 2.75) is 68.3 Å². The van der Waals surface area contributed by atoms with Crippen LogP contribution in [-0.4, -0.2) is 4.98 Å². The number of hydrogen-bond acceptors (Lipinski definition) is 0. The summed E-state index contributed by atoms with van der Waals surface area (Å²) in [5.41, 5.74) is 6.46. The Bertz CT molecular complexity index is 909. The summed E-state index contributed by atoms with van der Waals surface area (Å²) in [5, 5.41) is 1.50. The summed E-state index contributed by atoms with van der Waals surface area (Å²) in [6, 6.07) is 6.84. The Morgan fingerprint density at radius 3 is 2.22 bits per heavy atom. The van der Waals surface area contributed by atoms with E-state index in [0.29, 0.717) is 3.12 Å². The molecular formula is C23H29Cl2NZr. The first-order valence-electron chi connectivity index (χ1n) is 9.45. The molecule has 0 bridgehead atoms. The fraction of sp³-hybridized carbons (Fsp3) is 0.478. The predicted molar refractivity (Wildman–Crippen MR) is 104 cm³/mol. The molecule has 0 amide bonds. The molecule has 2 aliphatic carbocycles. The average molecular weight is 482 g/mol. The average Bonchev–Trinajstić information content (AvgIpc) is 2.97. The van der Waals surface area contributed by atoms with Crippen LogP contribution in [0.5, 0.6) is 0 Å². The maximum absolute atomic E-state index is 3.90. The number of aromatic nitrogens is 1. The van der Waals surface area contributed by atoms with Crippen LogP contribution in [0.15, 0.2) is 42.0 Å². The van der Waals surface area contributed by atoms with Gasteiger partial charge in [0, 0.05) is 0 Å². The molecule has 1 unspecified atom stereocenters. The molecule has 1 aromatic heterocycles. The molecule has 1 aromatic carbocycles. The Hall–Kier alpha value is -0.297. The molecule has 0 aliphatic heterocycles. The first-order valence-corrected chi connectivity index (χ1v) is 11.9. The van der Waals surface area contributed by atoms with Crippen LogP contribution in [0.25, 0.3) is 10.9 Å². The summed E-state index contributed by atoms with van der Waals surface area (Å²) in [5.74, 6) is 0. The number of benzene rings is 1. The van der Waals surface area contributed by atoms with E-state index in [1.807, 2.05) is 0 Å². The molecule has 1 atom stereocenters. The molecule has 1 nitrogen and oxygen atoms in total. The SMILES string of the molecule is CC(C)(C)c1cccc2[nH][c]([Zr+2][C]34C=CC=C3CC4)c(C(C)(C)C)c12.[Cl-].[Cl-]. The standard InChI is InChI=1S/C16H22N.C7H7.2ClH.Zr/c1-15(2,3)11-8-7-9-13-14(11)12(10-17-13)16(4,5)6;1-2-6-4-5-7(6)3-1;;;/h7-9,17H,1-6H3;1-3H,4-5H2;2*1H;/q;;;;+2/p-2. The van der Waals surface area contributed by atoms with Crippen molar-refractivity contribution in [3.05, 3.63) is 53.1 Å². The minimum atomic E-state index is -0.776. The van der Waals surface area contributed by atoms with Gasteiger partial charge in [-0.2, -0.15) is 0 Å². The normalized spacial score (nSPS) is 20.9. The number of fused-ring (bicyclic) bond motifs is 2. The largest absolute Gasteiger partial charge is 1.00 e. The molecule has 2 aliphatic rings. The minimum Gasteiger partial charge on any atom is -1.00 e. The van der Waals surface area contributed by atoms with Crippen molar-refractivity contribution in [3.63, 3.8) is 0 Å². The molecule has 0 spiro atoms. The van der Waals surface area contributed by atoms with Crippen molar-refractivity contribution in [2.24, 2.45) is 0 Å². The Kier molecular flexibility index (Phi) is 6.39. The van der Waals surface area contributed by atoms with Gasteiger partial charge in [0.1, 0.15) is 0 Å². The van der Waals surface area contributed by atoms with Crippen molar-refractivity contribution in [3.8, 4) is 0 Å². The molecule has 1 saturated carbocycles. The van der Waals surface area contributed by atoms with Crippen LogP contribution in [0.4, 0.5) is 0 Å². The van der Waals surface area contributed by atoms with E-state index in [2.05, 4.69) is 83.0 Å². The van der Waals surface area contributed by atoms with Crippen molar-refractivity contribution < 1.29 is 48.0 Å². The summed E-state index contributed by atoms with van der Waals surface area (Å²) in [6.07, 6.45) is 9.88. The second-order valence-electron chi connectivity index (χ2n) is 9.75. The second kappa shape index (κ2) is 7.51. The minimum absolute atomic E-state index is 0. The summed E-state index contributed by atoms with van der Waals surface area (Å²) in [6.45, 7) is 14.2. The third kappa shape index (κ3) is 3.79. The summed E-state index contributed by atoms with van der Waals surface area (Å²) in [4.78, 5) is 3.90. The number of rotatable bonds is 2. The molecule has 2 aromatic rings. The molecule has 144 valence electrons. The Morgan fingerprint density at radius 1 is 1.00 bits per heavy atom. The fourth-order valence-electron chi connectivity index (χ4n) is 4.41. The van der Waals surface area contributed by atoms with Gasteiger partial charge in [0.2, 0.25) is 0 Å². The van der Waals surface area contributed by atoms with E-state index in [-0.39, 0.29) is 35.6 Å². The monoisotopic (exact) mass is 479 g/mol. The van der Waals surface area contributed by atoms with Crippen LogP contribution in [0.2, 0.25) is 3.12 Å². The van der Waals surface area contributed by atoms with Crippen molar-refractivity contribution >= 4 is 14.3 Å². The zero-order valence-corrected chi connectivity index (χ0v) is 21.1. The molecule has 0 saturated heterocycles. The van der Waals surface area contributed by atoms with Gasteiger partial charge in [0.25, 0.3) is 0 Å². The molecular weight excluding hydrogens is 452 g/mol. The Balaban J connectivity index is 0.00000131. The predicted octanol–water partition coefficient (Wildman–Crippen LogP) is -0.0726. The van der Waals surface area contributed by atoms with Crippen LogP contribution in [-0.2, 0) is 34.1 Å². The van der Waals surface area contributed by atoms with Crippen molar-refractivity contribution in [1.29, 1.82) is 0 Å². The maximum Gasteiger partial charge on any atom is -1.00 e. The molecule has 1 heterocycles. The zero-order valence-electron chi connectivity index (χ0n) is 17.1. The summed E-state index contributed by atoms with van der Waals surface area (Å²) in [7, 11) is 0. The van der Waals surface area contributed by atoms with Gasteiger partial charge in [-0.1, -0.05) is 0 Å². The fourth-order valence-corrected chi connectivity index (χ4v) is 9.49. The first kappa shape index (κ1) is 23.0. The molecule has 1 N–H and O–H groups in total. The van der Waals surface area contributed by atoms with E-state index in [4.69, 9.17) is 0 Å². The number of H-pyrrole nitrogens is 1. The molecule has 0 radical (unpaired) electrons. The number of hydrogen-bond donors (Lipinski definition) is 1. The van der Waals surface area contributed by atoms with Gasteiger partial charge < -0.3 is 24.8 Å². The molecule has 4 heteroatoms. The summed E-state index contributed by atoms with van der Waals surface area (Å²) >= 11 is -0.776. The van der Waals surface area contributed by atoms with E-state index < -0.39 is 23.2 Å². The second-order valence-corrected chi connectivity index (χ2v) is 13.8. The number of allylic oxidation sites excluding steroid dienone is 4.